The van der Waals surface area contributed by atoms with Crippen molar-refractivity contribution < 1.29 is 9.90 Å². The van der Waals surface area contributed by atoms with Crippen LogP contribution in [0.1, 0.15) is 28.8 Å². The van der Waals surface area contributed by atoms with E-state index in [1.54, 1.807) is 18.7 Å². The molecule has 0 bridgehead atoms. The summed E-state index contributed by atoms with van der Waals surface area (Å²) in [7, 11) is 0. The molecule has 0 spiro atoms. The molecule has 0 atom stereocenters. The number of hydrogen-bond donors (Lipinski definition) is 1. The number of thioether (sulfide) groups is 1. The summed E-state index contributed by atoms with van der Waals surface area (Å²) in [6.45, 7) is 13.4. The van der Waals surface area contributed by atoms with Crippen LogP contribution in [0.2, 0.25) is 0 Å². The molecule has 1 aromatic heterocycles. The molecule has 22 heavy (non-hydrogen) atoms. The van der Waals surface area contributed by atoms with Crippen LogP contribution in [0.25, 0.3) is 15.0 Å². The standard InChI is InChI=1S/C16H16N2O2SSe/c1-9(2)8-21-13-6-5-11(7-12(13)17-4)15-18-10(3)14(22-15)16(19)20/h5-7,9H,8H2,1-3H3,(H,19,20). The van der Waals surface area contributed by atoms with Gasteiger partial charge in [-0.1, -0.05) is 0 Å². The average Bonchev–Trinajstić information content (AvgIpc) is 2.87. The maximum absolute atomic E-state index is 11.1. The van der Waals surface area contributed by atoms with Crippen LogP contribution >= 0.6 is 11.8 Å². The number of nitrogens with zero attached hydrogens (tertiary/aromatic N) is 2. The van der Waals surface area contributed by atoms with Gasteiger partial charge in [-0.25, -0.2) is 0 Å². The van der Waals surface area contributed by atoms with Crippen molar-refractivity contribution in [1.29, 1.82) is 0 Å². The summed E-state index contributed by atoms with van der Waals surface area (Å²) in [5, 5.41) is 9.15. The van der Waals surface area contributed by atoms with Crippen molar-refractivity contribution in [3.05, 3.63) is 39.7 Å². The Morgan fingerprint density at radius 2 is 2.23 bits per heavy atom. The van der Waals surface area contributed by atoms with Crippen LogP contribution in [-0.2, 0) is 0 Å². The molecule has 0 unspecified atom stereocenters. The van der Waals surface area contributed by atoms with Crippen LogP contribution in [0.5, 0.6) is 0 Å². The molecule has 0 aliphatic carbocycles. The van der Waals surface area contributed by atoms with Crippen molar-refractivity contribution in [2.24, 2.45) is 5.92 Å². The van der Waals surface area contributed by atoms with Gasteiger partial charge in [0, 0.05) is 0 Å². The summed E-state index contributed by atoms with van der Waals surface area (Å²) < 4.78 is 1.18. The fourth-order valence-electron chi connectivity index (χ4n) is 1.83. The van der Waals surface area contributed by atoms with Crippen molar-refractivity contribution in [3.8, 4) is 10.1 Å². The SMILES string of the molecule is [C-]#[N+]c1cc(-c2nc(C)c(C(=O)O)[se]2)ccc1SCC(C)C. The van der Waals surface area contributed by atoms with Crippen molar-refractivity contribution in [2.45, 2.75) is 25.7 Å². The second-order valence-electron chi connectivity index (χ2n) is 5.24. The van der Waals surface area contributed by atoms with E-state index in [1.807, 2.05) is 18.2 Å². The van der Waals surface area contributed by atoms with Gasteiger partial charge in [-0.15, -0.1) is 0 Å². The third-order valence-electron chi connectivity index (χ3n) is 2.89. The topological polar surface area (TPSA) is 54.5 Å². The van der Waals surface area contributed by atoms with Gasteiger partial charge >= 0.3 is 140 Å². The molecule has 6 heteroatoms. The summed E-state index contributed by atoms with van der Waals surface area (Å²) in [4.78, 5) is 20.1. The number of carboxylic acids is 1. The van der Waals surface area contributed by atoms with Gasteiger partial charge in [0.15, 0.2) is 0 Å². The maximum atomic E-state index is 11.1. The zero-order chi connectivity index (χ0) is 16.3. The number of carboxylic acid groups (broad SMARTS) is 1. The molecule has 1 heterocycles. The van der Waals surface area contributed by atoms with Crippen molar-refractivity contribution >= 4 is 37.9 Å². The minimum atomic E-state index is -0.897. The van der Waals surface area contributed by atoms with Crippen LogP contribution in [0, 0.1) is 19.4 Å². The van der Waals surface area contributed by atoms with E-state index in [-0.39, 0.29) is 14.5 Å². The van der Waals surface area contributed by atoms with Gasteiger partial charge in [-0.2, -0.15) is 0 Å². The molecule has 0 saturated heterocycles. The molecule has 0 aliphatic heterocycles. The predicted octanol–water partition coefficient (Wildman–Crippen LogP) is 4.11. The van der Waals surface area contributed by atoms with Crippen molar-refractivity contribution in [2.75, 3.05) is 5.75 Å². The number of carbonyl (C=O) groups is 1. The zero-order valence-corrected chi connectivity index (χ0v) is 15.1. The Morgan fingerprint density at radius 3 is 2.77 bits per heavy atom. The molecule has 4 nitrogen and oxygen atoms in total. The summed E-state index contributed by atoms with van der Waals surface area (Å²) >= 11 is 1.38. The van der Waals surface area contributed by atoms with Gasteiger partial charge in [0.1, 0.15) is 0 Å². The average molecular weight is 379 g/mol. The molecule has 0 fully saturated rings. The predicted molar refractivity (Wildman–Crippen MR) is 90.1 cm³/mol. The summed E-state index contributed by atoms with van der Waals surface area (Å²) in [6.07, 6.45) is 0. The third kappa shape index (κ3) is 3.80. The number of aryl methyl sites for hydroxylation is 1. The van der Waals surface area contributed by atoms with Crippen LogP contribution in [0.3, 0.4) is 0 Å². The Bertz CT molecular complexity index is 747. The van der Waals surface area contributed by atoms with E-state index in [0.717, 1.165) is 20.8 Å². The van der Waals surface area contributed by atoms with Crippen LogP contribution < -0.4 is 0 Å². The van der Waals surface area contributed by atoms with Gasteiger partial charge in [-0.05, 0) is 0 Å². The molecule has 2 rings (SSSR count). The van der Waals surface area contributed by atoms with Gasteiger partial charge in [0.2, 0.25) is 0 Å². The summed E-state index contributed by atoms with van der Waals surface area (Å²) in [5.41, 5.74) is 2.05. The molecule has 0 amide bonds. The second-order valence-corrected chi connectivity index (χ2v) is 8.40. The van der Waals surface area contributed by atoms with E-state index >= 15 is 0 Å². The molecule has 1 aromatic carbocycles. The Balaban J connectivity index is 2.35. The van der Waals surface area contributed by atoms with Gasteiger partial charge in [0.05, 0.1) is 0 Å². The summed E-state index contributed by atoms with van der Waals surface area (Å²) in [5.74, 6) is 0.637. The first-order valence-corrected chi connectivity index (χ1v) is 9.47. The van der Waals surface area contributed by atoms with E-state index < -0.39 is 5.97 Å². The minimum absolute atomic E-state index is 0.304. The van der Waals surface area contributed by atoms with Crippen molar-refractivity contribution in [1.82, 2.24) is 4.98 Å². The molecular weight excluding hydrogens is 363 g/mol. The van der Waals surface area contributed by atoms with Crippen LogP contribution in [0.15, 0.2) is 23.1 Å². The fourth-order valence-corrected chi connectivity index (χ4v) is 4.66. The normalized spacial score (nSPS) is 10.7. The molecule has 114 valence electrons. The first kappa shape index (κ1) is 16.8. The molecular formula is C16H16N2O2SSe. The number of aromatic nitrogens is 1. The van der Waals surface area contributed by atoms with Gasteiger partial charge in [-0.3, -0.25) is 0 Å². The van der Waals surface area contributed by atoms with E-state index in [9.17, 15) is 4.79 Å². The first-order chi connectivity index (χ1) is 10.4. The summed E-state index contributed by atoms with van der Waals surface area (Å²) in [6, 6.07) is 5.72. The van der Waals surface area contributed by atoms with Crippen LogP contribution in [0.4, 0.5) is 5.69 Å². The third-order valence-corrected chi connectivity index (χ3v) is 6.89. The van der Waals surface area contributed by atoms with Gasteiger partial charge in [0.25, 0.3) is 0 Å². The Morgan fingerprint density at radius 1 is 1.50 bits per heavy atom. The number of rotatable bonds is 5. The molecule has 2 aromatic rings. The van der Waals surface area contributed by atoms with Crippen molar-refractivity contribution in [3.63, 3.8) is 0 Å². The van der Waals surface area contributed by atoms with Gasteiger partial charge < -0.3 is 0 Å². The molecule has 0 radical (unpaired) electrons. The quantitative estimate of drug-likeness (QED) is 0.483. The molecule has 0 saturated carbocycles. The number of aromatic carboxylic acids is 1. The molecule has 0 aliphatic rings. The Hall–Kier alpha value is -1.54. The van der Waals surface area contributed by atoms with E-state index in [0.29, 0.717) is 21.7 Å². The Labute approximate surface area is 140 Å². The number of benzene rings is 1. The van der Waals surface area contributed by atoms with E-state index in [1.165, 1.54) is 0 Å². The first-order valence-electron chi connectivity index (χ1n) is 6.77. The zero-order valence-electron chi connectivity index (χ0n) is 12.6. The van der Waals surface area contributed by atoms with Crippen LogP contribution in [-0.4, -0.2) is 36.3 Å². The van der Waals surface area contributed by atoms with E-state index in [2.05, 4.69) is 23.7 Å². The second kappa shape index (κ2) is 7.15. The number of hydrogen-bond acceptors (Lipinski definition) is 3. The fraction of sp³-hybridized carbons (Fsp3) is 0.312. The molecule has 1 N–H and O–H groups in total. The van der Waals surface area contributed by atoms with E-state index in [4.69, 9.17) is 11.7 Å². The monoisotopic (exact) mass is 380 g/mol. The Kier molecular flexibility index (Phi) is 5.47.